The van der Waals surface area contributed by atoms with E-state index in [1.54, 1.807) is 23.2 Å². The number of rotatable bonds is 2. The van der Waals surface area contributed by atoms with E-state index in [0.29, 0.717) is 11.8 Å². The molecular formula is C9H8BrN3O. The van der Waals surface area contributed by atoms with E-state index in [0.717, 1.165) is 4.60 Å². The second-order valence-electron chi connectivity index (χ2n) is 2.71. The van der Waals surface area contributed by atoms with Crippen molar-refractivity contribution in [1.82, 2.24) is 14.5 Å². The molecule has 0 fully saturated rings. The van der Waals surface area contributed by atoms with Crippen LogP contribution in [0, 0.1) is 0 Å². The third kappa shape index (κ3) is 1.77. The van der Waals surface area contributed by atoms with Crippen molar-refractivity contribution in [2.24, 2.45) is 7.05 Å². The largest absolute Gasteiger partial charge is 0.424 e. The van der Waals surface area contributed by atoms with Gasteiger partial charge in [-0.15, -0.1) is 0 Å². The molecule has 2 aromatic heterocycles. The Hall–Kier alpha value is -1.36. The topological polar surface area (TPSA) is 39.9 Å². The predicted octanol–water partition coefficient (Wildman–Crippen LogP) is 2.37. The van der Waals surface area contributed by atoms with E-state index < -0.39 is 0 Å². The maximum absolute atomic E-state index is 5.49. The average Bonchev–Trinajstić information content (AvgIpc) is 2.52. The number of hydrogen-bond donors (Lipinski definition) is 0. The Morgan fingerprint density at radius 1 is 1.43 bits per heavy atom. The zero-order valence-corrected chi connectivity index (χ0v) is 9.10. The van der Waals surface area contributed by atoms with E-state index in [1.807, 2.05) is 19.2 Å². The lowest BCUT2D eigenvalue weighted by molar-refractivity contribution is 0.422. The van der Waals surface area contributed by atoms with Gasteiger partial charge in [0.1, 0.15) is 10.4 Å². The van der Waals surface area contributed by atoms with Crippen molar-refractivity contribution in [2.45, 2.75) is 0 Å². The third-order valence-electron chi connectivity index (χ3n) is 1.73. The summed E-state index contributed by atoms with van der Waals surface area (Å²) in [5.74, 6) is 0.675. The molecule has 2 heterocycles. The van der Waals surface area contributed by atoms with Gasteiger partial charge in [-0.1, -0.05) is 0 Å². The van der Waals surface area contributed by atoms with Crippen LogP contribution in [0.4, 0.5) is 0 Å². The van der Waals surface area contributed by atoms with E-state index in [2.05, 4.69) is 25.9 Å². The summed E-state index contributed by atoms with van der Waals surface area (Å²) < 4.78 is 8.16. The number of nitrogens with zero attached hydrogens (tertiary/aromatic N) is 3. The molecule has 0 unspecified atom stereocenters. The van der Waals surface area contributed by atoms with E-state index in [1.165, 1.54) is 0 Å². The summed E-state index contributed by atoms with van der Waals surface area (Å²) >= 11 is 3.33. The van der Waals surface area contributed by atoms with Crippen LogP contribution in [0.1, 0.15) is 0 Å². The number of pyridine rings is 1. The van der Waals surface area contributed by atoms with Gasteiger partial charge in [0.2, 0.25) is 0 Å². The Morgan fingerprint density at radius 3 is 2.86 bits per heavy atom. The monoisotopic (exact) mass is 253 g/mol. The highest BCUT2D eigenvalue weighted by Gasteiger charge is 2.05. The average molecular weight is 254 g/mol. The Bertz CT molecular complexity index is 427. The third-order valence-corrected chi connectivity index (χ3v) is 2.47. The molecule has 0 saturated carbocycles. The summed E-state index contributed by atoms with van der Waals surface area (Å²) in [7, 11) is 1.86. The fourth-order valence-corrected chi connectivity index (χ4v) is 1.23. The molecule has 2 aromatic rings. The zero-order valence-electron chi connectivity index (χ0n) is 7.51. The van der Waals surface area contributed by atoms with Crippen molar-refractivity contribution < 1.29 is 4.74 Å². The number of aromatic nitrogens is 3. The summed E-state index contributed by atoms with van der Waals surface area (Å²) in [4.78, 5) is 8.02. The zero-order chi connectivity index (χ0) is 9.97. The lowest BCUT2D eigenvalue weighted by Gasteiger charge is -2.03. The van der Waals surface area contributed by atoms with Crippen LogP contribution in [0.15, 0.2) is 35.3 Å². The molecule has 0 N–H and O–H groups in total. The first-order valence-electron chi connectivity index (χ1n) is 4.02. The fourth-order valence-electron chi connectivity index (χ4n) is 0.981. The van der Waals surface area contributed by atoms with Crippen LogP contribution in [0.2, 0.25) is 0 Å². The van der Waals surface area contributed by atoms with Gasteiger partial charge < -0.3 is 4.74 Å². The van der Waals surface area contributed by atoms with E-state index >= 15 is 0 Å². The molecule has 72 valence electrons. The van der Waals surface area contributed by atoms with E-state index in [9.17, 15) is 0 Å². The molecule has 0 aromatic carbocycles. The van der Waals surface area contributed by atoms with Gasteiger partial charge in [-0.2, -0.15) is 0 Å². The van der Waals surface area contributed by atoms with Crippen LogP contribution in [-0.2, 0) is 7.05 Å². The van der Waals surface area contributed by atoms with E-state index in [-0.39, 0.29) is 0 Å². The van der Waals surface area contributed by atoms with Gasteiger partial charge in [-0.3, -0.25) is 9.55 Å². The number of ether oxygens (including phenoxy) is 1. The highest BCUT2D eigenvalue weighted by Crippen LogP contribution is 2.21. The molecule has 0 bridgehead atoms. The van der Waals surface area contributed by atoms with Crippen molar-refractivity contribution in [3.8, 4) is 11.8 Å². The lowest BCUT2D eigenvalue weighted by Crippen LogP contribution is -1.94. The van der Waals surface area contributed by atoms with Gasteiger partial charge in [-0.25, -0.2) is 4.98 Å². The van der Waals surface area contributed by atoms with Crippen LogP contribution in [-0.4, -0.2) is 14.5 Å². The number of hydrogen-bond acceptors (Lipinski definition) is 3. The first kappa shape index (κ1) is 9.21. The van der Waals surface area contributed by atoms with Gasteiger partial charge in [0.05, 0.1) is 12.4 Å². The van der Waals surface area contributed by atoms with Gasteiger partial charge in [-0.05, 0) is 28.1 Å². The Kier molecular flexibility index (Phi) is 2.49. The highest BCUT2D eigenvalue weighted by atomic mass is 79.9. The van der Waals surface area contributed by atoms with Crippen LogP contribution >= 0.6 is 15.9 Å². The van der Waals surface area contributed by atoms with Gasteiger partial charge >= 0.3 is 6.01 Å². The number of imidazole rings is 1. The molecule has 0 amide bonds. The highest BCUT2D eigenvalue weighted by molar-refractivity contribution is 9.10. The van der Waals surface area contributed by atoms with Gasteiger partial charge in [0.25, 0.3) is 0 Å². The maximum Gasteiger partial charge on any atom is 0.302 e. The smallest absolute Gasteiger partial charge is 0.302 e. The van der Waals surface area contributed by atoms with Crippen LogP contribution in [0.25, 0.3) is 0 Å². The van der Waals surface area contributed by atoms with Crippen molar-refractivity contribution in [3.63, 3.8) is 0 Å². The second-order valence-corrected chi connectivity index (χ2v) is 3.53. The minimum Gasteiger partial charge on any atom is -0.424 e. The first-order valence-corrected chi connectivity index (χ1v) is 4.82. The lowest BCUT2D eigenvalue weighted by atomic mass is 10.5. The molecule has 0 saturated heterocycles. The quantitative estimate of drug-likeness (QED) is 0.825. The van der Waals surface area contributed by atoms with E-state index in [4.69, 9.17) is 4.74 Å². The van der Waals surface area contributed by atoms with Crippen LogP contribution in [0.3, 0.4) is 0 Å². The van der Waals surface area contributed by atoms with Crippen LogP contribution in [0.5, 0.6) is 11.8 Å². The molecule has 4 nitrogen and oxygen atoms in total. The Labute approximate surface area is 89.7 Å². The van der Waals surface area contributed by atoms with Crippen molar-refractivity contribution >= 4 is 15.9 Å². The van der Waals surface area contributed by atoms with Gasteiger partial charge in [0, 0.05) is 13.2 Å². The molecule has 0 spiro atoms. The summed E-state index contributed by atoms with van der Waals surface area (Å²) in [6.07, 6.45) is 5.02. The molecule has 0 aliphatic carbocycles. The molecule has 0 radical (unpaired) electrons. The SMILES string of the molecule is Cn1c(Br)cnc1Oc1cccnc1. The molecule has 5 heteroatoms. The molecule has 0 atom stereocenters. The molecule has 14 heavy (non-hydrogen) atoms. The summed E-state index contributed by atoms with van der Waals surface area (Å²) in [5, 5.41) is 0. The fraction of sp³-hybridized carbons (Fsp3) is 0.111. The molecule has 0 aliphatic heterocycles. The van der Waals surface area contributed by atoms with Crippen LogP contribution < -0.4 is 4.74 Å². The Morgan fingerprint density at radius 2 is 2.29 bits per heavy atom. The Balaban J connectivity index is 2.23. The van der Waals surface area contributed by atoms with Gasteiger partial charge in [0.15, 0.2) is 0 Å². The van der Waals surface area contributed by atoms with Crippen molar-refractivity contribution in [3.05, 3.63) is 35.3 Å². The normalized spacial score (nSPS) is 10.1. The molecular weight excluding hydrogens is 246 g/mol. The summed E-state index contributed by atoms with van der Waals surface area (Å²) in [6, 6.07) is 4.17. The molecule has 2 rings (SSSR count). The van der Waals surface area contributed by atoms with Crippen molar-refractivity contribution in [2.75, 3.05) is 0 Å². The number of halogens is 1. The first-order chi connectivity index (χ1) is 6.77. The second kappa shape index (κ2) is 3.79. The molecule has 0 aliphatic rings. The summed E-state index contributed by atoms with van der Waals surface area (Å²) in [6.45, 7) is 0. The minimum absolute atomic E-state index is 0.532. The summed E-state index contributed by atoms with van der Waals surface area (Å²) in [5.41, 5.74) is 0. The standard InChI is InChI=1S/C9H8BrN3O/c1-13-8(10)6-12-9(13)14-7-3-2-4-11-5-7/h2-6H,1H3. The minimum atomic E-state index is 0.532. The predicted molar refractivity (Wildman–Crippen MR) is 55.2 cm³/mol. The van der Waals surface area contributed by atoms with Crippen molar-refractivity contribution in [1.29, 1.82) is 0 Å². The maximum atomic E-state index is 5.49.